The van der Waals surface area contributed by atoms with Crippen LogP contribution in [-0.2, 0) is 16.6 Å². The second-order valence-electron chi connectivity index (χ2n) is 4.21. The molecule has 0 atom stereocenters. The Morgan fingerprint density at radius 3 is 2.33 bits per heavy atom. The van der Waals surface area contributed by atoms with Gasteiger partial charge < -0.3 is 5.73 Å². The van der Waals surface area contributed by atoms with Crippen molar-refractivity contribution in [2.24, 2.45) is 5.73 Å². The minimum absolute atomic E-state index is 0.0435. The summed E-state index contributed by atoms with van der Waals surface area (Å²) < 4.78 is 40.1. The highest BCUT2D eigenvalue weighted by Gasteiger charge is 2.16. The monoisotopic (exact) mass is 348 g/mol. The van der Waals surface area contributed by atoms with Crippen LogP contribution in [-0.4, -0.2) is 8.42 Å². The first kappa shape index (κ1) is 16.0. The van der Waals surface area contributed by atoms with Crippen molar-refractivity contribution in [1.29, 1.82) is 0 Å². The fraction of sp³-hybridized carbons (Fsp3) is 0.0769. The lowest BCUT2D eigenvalue weighted by Crippen LogP contribution is -2.13. The van der Waals surface area contributed by atoms with Crippen molar-refractivity contribution >= 4 is 38.9 Å². The number of anilines is 1. The van der Waals surface area contributed by atoms with E-state index in [4.69, 9.17) is 28.9 Å². The zero-order valence-electron chi connectivity index (χ0n) is 10.6. The lowest BCUT2D eigenvalue weighted by atomic mass is 10.2. The lowest BCUT2D eigenvalue weighted by Gasteiger charge is -2.10. The fourth-order valence-electron chi connectivity index (χ4n) is 1.67. The molecule has 21 heavy (non-hydrogen) atoms. The normalized spacial score (nSPS) is 11.4. The third-order valence-corrected chi connectivity index (χ3v) is 4.61. The van der Waals surface area contributed by atoms with Crippen molar-refractivity contribution in [3.8, 4) is 0 Å². The molecule has 8 heteroatoms. The predicted octanol–water partition coefficient (Wildman–Crippen LogP) is 3.39. The Morgan fingerprint density at radius 2 is 1.76 bits per heavy atom. The number of hydrogen-bond acceptors (Lipinski definition) is 3. The summed E-state index contributed by atoms with van der Waals surface area (Å²) in [5, 5.41) is -0.535. The van der Waals surface area contributed by atoms with E-state index < -0.39 is 15.8 Å². The molecule has 0 spiro atoms. The van der Waals surface area contributed by atoms with Gasteiger partial charge in [-0.2, -0.15) is 0 Å². The van der Waals surface area contributed by atoms with E-state index in [1.54, 1.807) is 12.1 Å². The van der Waals surface area contributed by atoms with Crippen LogP contribution < -0.4 is 10.5 Å². The molecular weight excluding hydrogens is 338 g/mol. The molecule has 0 saturated heterocycles. The average Bonchev–Trinajstić information content (AvgIpc) is 2.44. The SMILES string of the molecule is NCc1cccc(S(=O)(=O)Nc2cc(Cl)c(F)c(Cl)c2)c1. The molecule has 2 aromatic rings. The van der Waals surface area contributed by atoms with Gasteiger partial charge in [-0.3, -0.25) is 4.72 Å². The predicted molar refractivity (Wildman–Crippen MR) is 81.6 cm³/mol. The minimum atomic E-state index is -3.84. The zero-order chi connectivity index (χ0) is 15.6. The summed E-state index contributed by atoms with van der Waals surface area (Å²) in [6.45, 7) is 0.220. The van der Waals surface area contributed by atoms with E-state index in [1.807, 2.05) is 0 Å². The maximum atomic E-state index is 13.3. The van der Waals surface area contributed by atoms with Crippen LogP contribution >= 0.6 is 23.2 Å². The van der Waals surface area contributed by atoms with Gasteiger partial charge in [-0.1, -0.05) is 35.3 Å². The van der Waals surface area contributed by atoms with Gasteiger partial charge in [-0.25, -0.2) is 12.8 Å². The maximum absolute atomic E-state index is 13.3. The maximum Gasteiger partial charge on any atom is 0.261 e. The molecule has 0 bridgehead atoms. The number of nitrogens with one attached hydrogen (secondary N) is 1. The molecule has 112 valence electrons. The van der Waals surface area contributed by atoms with Gasteiger partial charge in [-0.15, -0.1) is 0 Å². The van der Waals surface area contributed by atoms with Crippen LogP contribution in [0.1, 0.15) is 5.56 Å². The van der Waals surface area contributed by atoms with Gasteiger partial charge in [0.25, 0.3) is 10.0 Å². The molecular formula is C13H11Cl2FN2O2S. The molecule has 0 unspecified atom stereocenters. The van der Waals surface area contributed by atoms with Gasteiger partial charge in [0, 0.05) is 6.54 Å². The van der Waals surface area contributed by atoms with Crippen LogP contribution in [0.15, 0.2) is 41.3 Å². The fourth-order valence-corrected chi connectivity index (χ4v) is 3.27. The molecule has 0 aliphatic heterocycles. The van der Waals surface area contributed by atoms with E-state index in [1.165, 1.54) is 12.1 Å². The molecule has 0 amide bonds. The number of sulfonamides is 1. The van der Waals surface area contributed by atoms with E-state index in [9.17, 15) is 12.8 Å². The van der Waals surface area contributed by atoms with Crippen molar-refractivity contribution in [3.05, 3.63) is 57.8 Å². The van der Waals surface area contributed by atoms with Gasteiger partial charge in [0.05, 0.1) is 20.6 Å². The number of halogens is 3. The molecule has 4 nitrogen and oxygen atoms in total. The van der Waals surface area contributed by atoms with Crippen LogP contribution in [0.2, 0.25) is 10.0 Å². The smallest absolute Gasteiger partial charge is 0.261 e. The molecule has 0 saturated carbocycles. The number of benzene rings is 2. The number of nitrogens with two attached hydrogens (primary N) is 1. The van der Waals surface area contributed by atoms with Crippen molar-refractivity contribution in [2.45, 2.75) is 11.4 Å². The van der Waals surface area contributed by atoms with Crippen molar-refractivity contribution in [2.75, 3.05) is 4.72 Å². The summed E-state index contributed by atoms with van der Waals surface area (Å²) in [6.07, 6.45) is 0. The van der Waals surface area contributed by atoms with Crippen LogP contribution in [0.5, 0.6) is 0 Å². The highest BCUT2D eigenvalue weighted by Crippen LogP contribution is 2.28. The molecule has 0 heterocycles. The summed E-state index contributed by atoms with van der Waals surface area (Å²) in [7, 11) is -3.84. The van der Waals surface area contributed by atoms with Gasteiger partial charge >= 0.3 is 0 Å². The number of hydrogen-bond donors (Lipinski definition) is 2. The highest BCUT2D eigenvalue weighted by atomic mass is 35.5. The second-order valence-corrected chi connectivity index (χ2v) is 6.71. The minimum Gasteiger partial charge on any atom is -0.326 e. The highest BCUT2D eigenvalue weighted by molar-refractivity contribution is 7.92. The molecule has 3 N–H and O–H groups in total. The third kappa shape index (κ3) is 3.65. The van der Waals surface area contributed by atoms with Crippen molar-refractivity contribution in [3.63, 3.8) is 0 Å². The Bertz CT molecular complexity index is 758. The summed E-state index contributed by atoms with van der Waals surface area (Å²) in [5.41, 5.74) is 6.23. The summed E-state index contributed by atoms with van der Waals surface area (Å²) in [6, 6.07) is 8.47. The molecule has 2 rings (SSSR count). The largest absolute Gasteiger partial charge is 0.326 e. The van der Waals surface area contributed by atoms with E-state index in [0.29, 0.717) is 5.56 Å². The van der Waals surface area contributed by atoms with E-state index in [0.717, 1.165) is 12.1 Å². The van der Waals surface area contributed by atoms with E-state index in [2.05, 4.69) is 4.72 Å². The molecule has 0 aliphatic rings. The van der Waals surface area contributed by atoms with E-state index >= 15 is 0 Å². The molecule has 0 aliphatic carbocycles. The number of rotatable bonds is 4. The Kier molecular flexibility index (Phi) is 4.73. The topological polar surface area (TPSA) is 72.2 Å². The summed E-state index contributed by atoms with van der Waals surface area (Å²) >= 11 is 11.3. The first-order valence-electron chi connectivity index (χ1n) is 5.80. The van der Waals surface area contributed by atoms with Crippen molar-refractivity contribution < 1.29 is 12.8 Å². The average molecular weight is 349 g/mol. The zero-order valence-corrected chi connectivity index (χ0v) is 12.9. The third-order valence-electron chi connectivity index (χ3n) is 2.68. The quantitative estimate of drug-likeness (QED) is 0.831. The Labute approximate surface area is 131 Å². The van der Waals surface area contributed by atoms with Gasteiger partial charge in [0.2, 0.25) is 0 Å². The van der Waals surface area contributed by atoms with Crippen molar-refractivity contribution in [1.82, 2.24) is 0 Å². The van der Waals surface area contributed by atoms with Gasteiger partial charge in [0.15, 0.2) is 5.82 Å². The first-order chi connectivity index (χ1) is 9.83. The molecule has 0 fully saturated rings. The standard InChI is InChI=1S/C13H11Cl2FN2O2S/c14-11-5-9(6-12(15)13(11)16)18-21(19,20)10-3-1-2-8(4-10)7-17/h1-6,18H,7,17H2. The summed E-state index contributed by atoms with van der Waals surface area (Å²) in [5.74, 6) is -0.800. The Balaban J connectivity index is 2.37. The Hall–Kier alpha value is -1.34. The van der Waals surface area contributed by atoms with Crippen LogP contribution in [0.3, 0.4) is 0 Å². The summed E-state index contributed by atoms with van der Waals surface area (Å²) in [4.78, 5) is 0.0435. The van der Waals surface area contributed by atoms with Crippen LogP contribution in [0.4, 0.5) is 10.1 Å². The van der Waals surface area contributed by atoms with Crippen LogP contribution in [0, 0.1) is 5.82 Å². The Morgan fingerprint density at radius 1 is 1.14 bits per heavy atom. The van der Waals surface area contributed by atoms with Gasteiger partial charge in [0.1, 0.15) is 0 Å². The van der Waals surface area contributed by atoms with Crippen LogP contribution in [0.25, 0.3) is 0 Å². The first-order valence-corrected chi connectivity index (χ1v) is 8.04. The van der Waals surface area contributed by atoms with E-state index in [-0.39, 0.29) is 27.2 Å². The second kappa shape index (κ2) is 6.19. The lowest BCUT2D eigenvalue weighted by molar-refractivity contribution is 0.601. The van der Waals surface area contributed by atoms with Gasteiger partial charge in [-0.05, 0) is 29.8 Å². The molecule has 0 radical (unpaired) electrons. The molecule has 2 aromatic carbocycles. The molecule has 0 aromatic heterocycles.